The summed E-state index contributed by atoms with van der Waals surface area (Å²) < 4.78 is 0. The van der Waals surface area contributed by atoms with Crippen molar-refractivity contribution in [2.24, 2.45) is 5.92 Å². The maximum atomic E-state index is 8.82. The minimum absolute atomic E-state index is 0.323. The standard InChI is InChI=1S/C10H13NO/c12-8-9-6-11(7-9)10-4-2-1-3-5-10/h1-5,9,12H,6-8H2. The molecule has 1 fully saturated rings. The SMILES string of the molecule is OCC1CN(c2ccccc2)C1. The molecule has 0 saturated carbocycles. The van der Waals surface area contributed by atoms with E-state index in [1.807, 2.05) is 18.2 Å². The molecule has 0 aliphatic carbocycles. The molecule has 1 aliphatic heterocycles. The largest absolute Gasteiger partial charge is 0.396 e. The zero-order valence-electron chi connectivity index (χ0n) is 6.98. The molecule has 1 aromatic carbocycles. The second-order valence-electron chi connectivity index (χ2n) is 3.29. The predicted molar refractivity (Wildman–Crippen MR) is 49.2 cm³/mol. The highest BCUT2D eigenvalue weighted by atomic mass is 16.3. The summed E-state index contributed by atoms with van der Waals surface area (Å²) in [6.45, 7) is 2.32. The van der Waals surface area contributed by atoms with Crippen LogP contribution in [-0.4, -0.2) is 24.8 Å². The molecule has 2 nitrogen and oxygen atoms in total. The number of aliphatic hydroxyl groups excluding tert-OH is 1. The number of hydrogen-bond donors (Lipinski definition) is 1. The van der Waals surface area contributed by atoms with E-state index in [1.165, 1.54) is 5.69 Å². The Morgan fingerprint density at radius 2 is 1.92 bits per heavy atom. The first-order chi connectivity index (χ1) is 5.90. The van der Waals surface area contributed by atoms with E-state index in [0.717, 1.165) is 13.1 Å². The lowest BCUT2D eigenvalue weighted by atomic mass is 10.0. The van der Waals surface area contributed by atoms with Gasteiger partial charge in [-0.15, -0.1) is 0 Å². The van der Waals surface area contributed by atoms with Gasteiger partial charge >= 0.3 is 0 Å². The molecule has 0 amide bonds. The molecule has 0 spiro atoms. The van der Waals surface area contributed by atoms with Crippen LogP contribution in [0.25, 0.3) is 0 Å². The molecular weight excluding hydrogens is 150 g/mol. The van der Waals surface area contributed by atoms with Crippen LogP contribution in [-0.2, 0) is 0 Å². The number of para-hydroxylation sites is 1. The molecule has 2 heteroatoms. The minimum Gasteiger partial charge on any atom is -0.396 e. The Bertz CT molecular complexity index is 241. The van der Waals surface area contributed by atoms with Crippen molar-refractivity contribution in [3.63, 3.8) is 0 Å². The zero-order valence-corrected chi connectivity index (χ0v) is 6.98. The molecule has 64 valence electrons. The molecule has 0 atom stereocenters. The van der Waals surface area contributed by atoms with E-state index in [2.05, 4.69) is 17.0 Å². The Kier molecular flexibility index (Phi) is 2.00. The highest BCUT2D eigenvalue weighted by molar-refractivity contribution is 5.48. The predicted octanol–water partition coefficient (Wildman–Crippen LogP) is 1.12. The lowest BCUT2D eigenvalue weighted by Crippen LogP contribution is -2.48. The number of nitrogens with zero attached hydrogens (tertiary/aromatic N) is 1. The number of benzene rings is 1. The van der Waals surface area contributed by atoms with Crippen LogP contribution in [0.2, 0.25) is 0 Å². The minimum atomic E-state index is 0.323. The molecule has 1 N–H and O–H groups in total. The molecule has 0 unspecified atom stereocenters. The van der Waals surface area contributed by atoms with E-state index in [0.29, 0.717) is 12.5 Å². The average Bonchev–Trinajstić information content (AvgIpc) is 2.04. The lowest BCUT2D eigenvalue weighted by molar-refractivity contribution is 0.201. The number of aliphatic hydroxyl groups is 1. The highest BCUT2D eigenvalue weighted by Gasteiger charge is 2.25. The van der Waals surface area contributed by atoms with Gasteiger partial charge in [-0.3, -0.25) is 0 Å². The molecule has 2 rings (SSSR count). The summed E-state index contributed by atoms with van der Waals surface area (Å²) in [6, 6.07) is 10.3. The third kappa shape index (κ3) is 1.30. The van der Waals surface area contributed by atoms with Gasteiger partial charge in [-0.2, -0.15) is 0 Å². The van der Waals surface area contributed by atoms with Crippen molar-refractivity contribution in [3.05, 3.63) is 30.3 Å². The van der Waals surface area contributed by atoms with Crippen LogP contribution >= 0.6 is 0 Å². The first-order valence-electron chi connectivity index (χ1n) is 4.31. The van der Waals surface area contributed by atoms with Crippen molar-refractivity contribution in [3.8, 4) is 0 Å². The van der Waals surface area contributed by atoms with Crippen LogP contribution < -0.4 is 4.90 Å². The Labute approximate surface area is 72.4 Å². The maximum absolute atomic E-state index is 8.82. The molecule has 1 saturated heterocycles. The van der Waals surface area contributed by atoms with Crippen LogP contribution in [0, 0.1) is 5.92 Å². The first-order valence-corrected chi connectivity index (χ1v) is 4.31. The molecule has 0 radical (unpaired) electrons. The van der Waals surface area contributed by atoms with Crippen LogP contribution in [0.15, 0.2) is 30.3 Å². The van der Waals surface area contributed by atoms with E-state index in [-0.39, 0.29) is 0 Å². The second-order valence-corrected chi connectivity index (χ2v) is 3.29. The van der Waals surface area contributed by atoms with Crippen LogP contribution in [0.1, 0.15) is 0 Å². The van der Waals surface area contributed by atoms with E-state index < -0.39 is 0 Å². The van der Waals surface area contributed by atoms with Gasteiger partial charge in [0.1, 0.15) is 0 Å². The van der Waals surface area contributed by atoms with Crippen molar-refractivity contribution in [1.29, 1.82) is 0 Å². The molecule has 0 aromatic heterocycles. The van der Waals surface area contributed by atoms with Crippen molar-refractivity contribution >= 4 is 5.69 Å². The van der Waals surface area contributed by atoms with Gasteiger partial charge in [-0.05, 0) is 12.1 Å². The van der Waals surface area contributed by atoms with Gasteiger partial charge in [-0.25, -0.2) is 0 Å². The Hall–Kier alpha value is -1.02. The number of rotatable bonds is 2. The summed E-state index contributed by atoms with van der Waals surface area (Å²) >= 11 is 0. The van der Waals surface area contributed by atoms with Gasteiger partial charge in [-0.1, -0.05) is 18.2 Å². The van der Waals surface area contributed by atoms with E-state index >= 15 is 0 Å². The van der Waals surface area contributed by atoms with E-state index in [4.69, 9.17) is 5.11 Å². The van der Waals surface area contributed by atoms with Gasteiger partial charge in [0, 0.05) is 31.3 Å². The van der Waals surface area contributed by atoms with Crippen LogP contribution in [0.5, 0.6) is 0 Å². The topological polar surface area (TPSA) is 23.5 Å². The lowest BCUT2D eigenvalue weighted by Gasteiger charge is -2.40. The fourth-order valence-electron chi connectivity index (χ4n) is 1.53. The normalized spacial score (nSPS) is 17.6. The molecule has 12 heavy (non-hydrogen) atoms. The first kappa shape index (κ1) is 7.62. The van der Waals surface area contributed by atoms with Crippen molar-refractivity contribution in [2.45, 2.75) is 0 Å². The van der Waals surface area contributed by atoms with E-state index in [9.17, 15) is 0 Å². The summed E-state index contributed by atoms with van der Waals surface area (Å²) in [6.07, 6.45) is 0. The Morgan fingerprint density at radius 1 is 1.25 bits per heavy atom. The number of anilines is 1. The summed E-state index contributed by atoms with van der Waals surface area (Å²) in [5.74, 6) is 0.491. The number of hydrogen-bond acceptors (Lipinski definition) is 2. The van der Waals surface area contributed by atoms with Gasteiger partial charge in [0.25, 0.3) is 0 Å². The second kappa shape index (κ2) is 3.15. The van der Waals surface area contributed by atoms with Gasteiger partial charge in [0.15, 0.2) is 0 Å². The maximum Gasteiger partial charge on any atom is 0.0493 e. The van der Waals surface area contributed by atoms with Gasteiger partial charge in [0.05, 0.1) is 0 Å². The van der Waals surface area contributed by atoms with Crippen molar-refractivity contribution in [1.82, 2.24) is 0 Å². The zero-order chi connectivity index (χ0) is 8.39. The molecule has 1 aliphatic rings. The van der Waals surface area contributed by atoms with Crippen LogP contribution in [0.3, 0.4) is 0 Å². The monoisotopic (exact) mass is 163 g/mol. The fraction of sp³-hybridized carbons (Fsp3) is 0.400. The third-order valence-corrected chi connectivity index (χ3v) is 2.34. The third-order valence-electron chi connectivity index (χ3n) is 2.34. The Balaban J connectivity index is 1.97. The summed E-state index contributed by atoms with van der Waals surface area (Å²) in [5.41, 5.74) is 1.27. The average molecular weight is 163 g/mol. The summed E-state index contributed by atoms with van der Waals surface area (Å²) in [4.78, 5) is 2.28. The van der Waals surface area contributed by atoms with Crippen molar-refractivity contribution < 1.29 is 5.11 Å². The van der Waals surface area contributed by atoms with Gasteiger partial charge < -0.3 is 10.0 Å². The van der Waals surface area contributed by atoms with Crippen LogP contribution in [0.4, 0.5) is 5.69 Å². The molecule has 1 heterocycles. The summed E-state index contributed by atoms with van der Waals surface area (Å²) in [5, 5.41) is 8.82. The molecular formula is C10H13NO. The quantitative estimate of drug-likeness (QED) is 0.706. The fourth-order valence-corrected chi connectivity index (χ4v) is 1.53. The molecule has 0 bridgehead atoms. The van der Waals surface area contributed by atoms with Gasteiger partial charge in [0.2, 0.25) is 0 Å². The summed E-state index contributed by atoms with van der Waals surface area (Å²) in [7, 11) is 0. The van der Waals surface area contributed by atoms with Crippen molar-refractivity contribution in [2.75, 3.05) is 24.6 Å². The van der Waals surface area contributed by atoms with E-state index in [1.54, 1.807) is 0 Å². The highest BCUT2D eigenvalue weighted by Crippen LogP contribution is 2.23. The molecule has 1 aromatic rings. The Morgan fingerprint density at radius 3 is 2.50 bits per heavy atom. The smallest absolute Gasteiger partial charge is 0.0493 e.